The molecule has 1 N–H and O–H groups in total. The molecule has 100 valence electrons. The van der Waals surface area contributed by atoms with Crippen molar-refractivity contribution in [3.05, 3.63) is 0 Å². The van der Waals surface area contributed by atoms with E-state index in [0.717, 1.165) is 19.5 Å². The van der Waals surface area contributed by atoms with Crippen LogP contribution in [-0.2, 0) is 4.79 Å². The highest BCUT2D eigenvalue weighted by Gasteiger charge is 2.57. The fraction of sp³-hybridized carbons (Fsp3) is 0.929. The zero-order chi connectivity index (χ0) is 12.3. The van der Waals surface area contributed by atoms with E-state index in [-0.39, 0.29) is 5.54 Å². The summed E-state index contributed by atoms with van der Waals surface area (Å²) in [5.41, 5.74) is -0.113. The van der Waals surface area contributed by atoms with Crippen LogP contribution in [0.4, 0.5) is 0 Å². The molecule has 4 nitrogen and oxygen atoms in total. The molecule has 0 aromatic carbocycles. The number of hydrogen-bond donors (Lipinski definition) is 1. The van der Waals surface area contributed by atoms with E-state index in [1.54, 1.807) is 0 Å². The molecule has 4 aliphatic rings. The Morgan fingerprint density at radius 3 is 2.39 bits per heavy atom. The van der Waals surface area contributed by atoms with E-state index < -0.39 is 0 Å². The molecule has 2 unspecified atom stereocenters. The van der Waals surface area contributed by atoms with Crippen LogP contribution in [0.25, 0.3) is 0 Å². The second kappa shape index (κ2) is 3.70. The van der Waals surface area contributed by atoms with Crippen LogP contribution in [-0.4, -0.2) is 53.1 Å². The Hall–Kier alpha value is -0.610. The molecule has 4 fully saturated rings. The van der Waals surface area contributed by atoms with Gasteiger partial charge in [-0.25, -0.2) is 0 Å². The van der Waals surface area contributed by atoms with Crippen molar-refractivity contribution >= 4 is 5.91 Å². The van der Waals surface area contributed by atoms with E-state index >= 15 is 0 Å². The van der Waals surface area contributed by atoms with Crippen LogP contribution < -0.4 is 5.32 Å². The Labute approximate surface area is 109 Å². The lowest BCUT2D eigenvalue weighted by Gasteiger charge is -2.49. The van der Waals surface area contributed by atoms with Gasteiger partial charge in [0.25, 0.3) is 0 Å². The summed E-state index contributed by atoms with van der Waals surface area (Å²) in [5.74, 6) is 0.398. The average Bonchev–Trinajstić information content (AvgIpc) is 3.03. The van der Waals surface area contributed by atoms with Gasteiger partial charge < -0.3 is 9.80 Å². The molecule has 4 heteroatoms. The van der Waals surface area contributed by atoms with E-state index in [2.05, 4.69) is 22.2 Å². The highest BCUT2D eigenvalue weighted by Crippen LogP contribution is 2.43. The quantitative estimate of drug-likeness (QED) is 0.751. The molecular formula is C14H23N3O. The molecule has 1 amide bonds. The lowest BCUT2D eigenvalue weighted by Crippen LogP contribution is -2.56. The van der Waals surface area contributed by atoms with Crippen LogP contribution in [0.5, 0.6) is 0 Å². The van der Waals surface area contributed by atoms with E-state index in [4.69, 9.17) is 0 Å². The van der Waals surface area contributed by atoms with Gasteiger partial charge in [-0.2, -0.15) is 0 Å². The molecular weight excluding hydrogens is 226 g/mol. The monoisotopic (exact) mass is 249 g/mol. The van der Waals surface area contributed by atoms with E-state index in [1.165, 1.54) is 32.1 Å². The van der Waals surface area contributed by atoms with Crippen LogP contribution in [0.1, 0.15) is 44.9 Å². The molecule has 4 rings (SSSR count). The maximum absolute atomic E-state index is 12.4. The number of nitrogens with one attached hydrogen (secondary N) is 1. The highest BCUT2D eigenvalue weighted by molar-refractivity contribution is 5.91. The minimum atomic E-state index is -0.113. The third-order valence-corrected chi connectivity index (χ3v) is 5.76. The van der Waals surface area contributed by atoms with Gasteiger partial charge in [-0.3, -0.25) is 10.1 Å². The zero-order valence-corrected chi connectivity index (χ0v) is 11.2. The van der Waals surface area contributed by atoms with E-state index in [0.29, 0.717) is 24.0 Å². The van der Waals surface area contributed by atoms with Gasteiger partial charge in [0.05, 0.1) is 12.2 Å². The molecule has 2 bridgehead atoms. The molecule has 2 atom stereocenters. The van der Waals surface area contributed by atoms with Crippen molar-refractivity contribution < 1.29 is 4.79 Å². The molecule has 1 aliphatic carbocycles. The standard InChI is InChI=1S/C14H23N3O/c1-16-10-3-2-4-11(16)8-12(7-10)17-9-15-14(5-6-14)13(17)18/h10-12,15H,2-9H2,1H3. The number of amides is 1. The van der Waals surface area contributed by atoms with E-state index in [1.807, 2.05) is 0 Å². The third kappa shape index (κ3) is 1.48. The first-order valence-electron chi connectivity index (χ1n) is 7.48. The average molecular weight is 249 g/mol. The number of nitrogens with zero attached hydrogens (tertiary/aromatic N) is 2. The molecule has 1 spiro atoms. The summed E-state index contributed by atoms with van der Waals surface area (Å²) in [6.45, 7) is 0.798. The fourth-order valence-corrected chi connectivity index (χ4v) is 4.31. The Morgan fingerprint density at radius 1 is 1.17 bits per heavy atom. The minimum Gasteiger partial charge on any atom is -0.325 e. The van der Waals surface area contributed by atoms with Crippen LogP contribution in [0.2, 0.25) is 0 Å². The number of carbonyl (C=O) groups is 1. The Balaban J connectivity index is 1.51. The lowest BCUT2D eigenvalue weighted by molar-refractivity contribution is -0.133. The number of hydrogen-bond acceptors (Lipinski definition) is 3. The van der Waals surface area contributed by atoms with Crippen LogP contribution in [0.3, 0.4) is 0 Å². The van der Waals surface area contributed by atoms with Gasteiger partial charge in [-0.15, -0.1) is 0 Å². The molecule has 18 heavy (non-hydrogen) atoms. The first-order chi connectivity index (χ1) is 8.70. The fourth-order valence-electron chi connectivity index (χ4n) is 4.31. The molecule has 0 radical (unpaired) electrons. The van der Waals surface area contributed by atoms with Crippen molar-refractivity contribution in [3.63, 3.8) is 0 Å². The number of fused-ring (bicyclic) bond motifs is 2. The Morgan fingerprint density at radius 2 is 1.83 bits per heavy atom. The second-order valence-electron chi connectivity index (χ2n) is 6.72. The maximum Gasteiger partial charge on any atom is 0.244 e. The van der Waals surface area contributed by atoms with Crippen LogP contribution in [0, 0.1) is 0 Å². The summed E-state index contributed by atoms with van der Waals surface area (Å²) in [5, 5.41) is 3.44. The molecule has 0 aromatic rings. The van der Waals surface area contributed by atoms with Crippen molar-refractivity contribution in [1.29, 1.82) is 0 Å². The minimum absolute atomic E-state index is 0.113. The SMILES string of the molecule is CN1C2CCCC1CC(N1CNC3(CC3)C1=O)C2. The lowest BCUT2D eigenvalue weighted by atomic mass is 9.81. The first-order valence-corrected chi connectivity index (χ1v) is 7.48. The van der Waals surface area contributed by atoms with Crippen molar-refractivity contribution in [1.82, 2.24) is 15.1 Å². The van der Waals surface area contributed by atoms with Crippen molar-refractivity contribution in [2.45, 2.75) is 68.6 Å². The number of rotatable bonds is 1. The van der Waals surface area contributed by atoms with Gasteiger partial charge in [0.15, 0.2) is 0 Å². The van der Waals surface area contributed by atoms with E-state index in [9.17, 15) is 4.79 Å². The largest absolute Gasteiger partial charge is 0.325 e. The molecule has 3 heterocycles. The van der Waals surface area contributed by atoms with Crippen molar-refractivity contribution in [2.75, 3.05) is 13.7 Å². The predicted octanol–water partition coefficient (Wildman–Crippen LogP) is 0.924. The third-order valence-electron chi connectivity index (χ3n) is 5.76. The topological polar surface area (TPSA) is 35.6 Å². The normalized spacial score (nSPS) is 42.6. The molecule has 0 aromatic heterocycles. The predicted molar refractivity (Wildman–Crippen MR) is 69.0 cm³/mol. The van der Waals surface area contributed by atoms with Gasteiger partial charge in [-0.1, -0.05) is 6.42 Å². The van der Waals surface area contributed by atoms with Crippen molar-refractivity contribution in [2.24, 2.45) is 0 Å². The molecule has 3 saturated heterocycles. The number of carbonyl (C=O) groups excluding carboxylic acids is 1. The first kappa shape index (κ1) is 11.2. The molecule has 1 saturated carbocycles. The van der Waals surface area contributed by atoms with Gasteiger partial charge >= 0.3 is 0 Å². The Bertz CT molecular complexity index is 365. The zero-order valence-electron chi connectivity index (χ0n) is 11.2. The van der Waals surface area contributed by atoms with Crippen LogP contribution in [0.15, 0.2) is 0 Å². The van der Waals surface area contributed by atoms with Gasteiger partial charge in [-0.05, 0) is 45.6 Å². The number of piperidine rings is 2. The summed E-state index contributed by atoms with van der Waals surface area (Å²) in [4.78, 5) is 17.2. The summed E-state index contributed by atoms with van der Waals surface area (Å²) >= 11 is 0. The Kier molecular flexibility index (Phi) is 2.31. The summed E-state index contributed by atoms with van der Waals surface area (Å²) < 4.78 is 0. The van der Waals surface area contributed by atoms with Gasteiger partial charge in [0.1, 0.15) is 0 Å². The van der Waals surface area contributed by atoms with Gasteiger partial charge in [0, 0.05) is 18.1 Å². The van der Waals surface area contributed by atoms with Crippen LogP contribution >= 0.6 is 0 Å². The van der Waals surface area contributed by atoms with Crippen molar-refractivity contribution in [3.8, 4) is 0 Å². The highest BCUT2D eigenvalue weighted by atomic mass is 16.2. The summed E-state index contributed by atoms with van der Waals surface area (Å²) in [6, 6.07) is 1.92. The molecule has 3 aliphatic heterocycles. The van der Waals surface area contributed by atoms with Gasteiger partial charge in [0.2, 0.25) is 5.91 Å². The maximum atomic E-state index is 12.4. The summed E-state index contributed by atoms with van der Waals surface area (Å²) in [7, 11) is 2.27. The smallest absolute Gasteiger partial charge is 0.244 e. The second-order valence-corrected chi connectivity index (χ2v) is 6.72. The summed E-state index contributed by atoms with van der Waals surface area (Å²) in [6.07, 6.45) is 8.52.